The highest BCUT2D eigenvalue weighted by Gasteiger charge is 2.38. The predicted octanol–water partition coefficient (Wildman–Crippen LogP) is 2.78. The molecule has 1 aliphatic rings. The highest BCUT2D eigenvalue weighted by molar-refractivity contribution is 5.36. The number of nitrogens with one attached hydrogen (secondary N) is 1. The van der Waals surface area contributed by atoms with Crippen LogP contribution in [-0.2, 0) is 11.8 Å². The van der Waals surface area contributed by atoms with Crippen molar-refractivity contribution in [3.63, 3.8) is 0 Å². The van der Waals surface area contributed by atoms with Crippen molar-refractivity contribution in [1.82, 2.24) is 5.32 Å². The molecule has 1 fully saturated rings. The Morgan fingerprint density at radius 3 is 2.47 bits per heavy atom. The Hall–Kier alpha value is -1.80. The molecule has 0 unspecified atom stereocenters. The van der Waals surface area contributed by atoms with E-state index < -0.39 is 0 Å². The van der Waals surface area contributed by atoms with Gasteiger partial charge in [0.25, 0.3) is 0 Å². The van der Waals surface area contributed by atoms with E-state index in [0.717, 1.165) is 25.3 Å². The topological polar surface area (TPSA) is 21.3 Å². The summed E-state index contributed by atoms with van der Waals surface area (Å²) in [4.78, 5) is 0. The lowest BCUT2D eigenvalue weighted by atomic mass is 9.71. The Morgan fingerprint density at radius 2 is 1.84 bits per heavy atom. The summed E-state index contributed by atoms with van der Waals surface area (Å²) in [7, 11) is 1.72. The first kappa shape index (κ1) is 12.2. The fraction of sp³-hybridized carbons (Fsp3) is 0.294. The zero-order chi connectivity index (χ0) is 13.1. The third-order valence-corrected chi connectivity index (χ3v) is 3.99. The summed E-state index contributed by atoms with van der Waals surface area (Å²) >= 11 is 0. The van der Waals surface area contributed by atoms with Crippen LogP contribution in [-0.4, -0.2) is 20.2 Å². The van der Waals surface area contributed by atoms with E-state index in [2.05, 4.69) is 53.8 Å². The molecule has 3 rings (SSSR count). The monoisotopic (exact) mass is 253 g/mol. The van der Waals surface area contributed by atoms with Gasteiger partial charge in [0, 0.05) is 18.5 Å². The first-order valence-electron chi connectivity index (χ1n) is 6.72. The van der Waals surface area contributed by atoms with Crippen molar-refractivity contribution >= 4 is 0 Å². The molecule has 0 aromatic heterocycles. The molecule has 19 heavy (non-hydrogen) atoms. The summed E-state index contributed by atoms with van der Waals surface area (Å²) in [6.45, 7) is 2.10. The second-order valence-electron chi connectivity index (χ2n) is 5.28. The van der Waals surface area contributed by atoms with E-state index in [1.165, 1.54) is 11.1 Å². The first-order valence-corrected chi connectivity index (χ1v) is 6.72. The van der Waals surface area contributed by atoms with Crippen molar-refractivity contribution in [2.24, 2.45) is 0 Å². The Balaban J connectivity index is 1.87. The molecule has 0 radical (unpaired) electrons. The van der Waals surface area contributed by atoms with Crippen molar-refractivity contribution in [1.29, 1.82) is 0 Å². The van der Waals surface area contributed by atoms with Gasteiger partial charge in [0.05, 0.1) is 7.11 Å². The first-order chi connectivity index (χ1) is 9.32. The number of ether oxygens (including phenoxy) is 1. The summed E-state index contributed by atoms with van der Waals surface area (Å²) < 4.78 is 5.31. The molecule has 1 aliphatic heterocycles. The van der Waals surface area contributed by atoms with E-state index in [4.69, 9.17) is 4.74 Å². The zero-order valence-electron chi connectivity index (χ0n) is 11.2. The molecule has 2 aromatic rings. The standard InChI is InChI=1S/C17H19NO/c1-19-16-9-5-6-14(10-16)11-17(12-18-13-17)15-7-3-2-4-8-15/h2-10,18H,11-13H2,1H3. The quantitative estimate of drug-likeness (QED) is 0.904. The van der Waals surface area contributed by atoms with Gasteiger partial charge in [-0.3, -0.25) is 0 Å². The minimum atomic E-state index is 0.244. The number of hydrogen-bond donors (Lipinski definition) is 1. The molecule has 1 heterocycles. The maximum atomic E-state index is 5.31. The van der Waals surface area contributed by atoms with Crippen LogP contribution in [0.25, 0.3) is 0 Å². The summed E-state index contributed by atoms with van der Waals surface area (Å²) in [5.74, 6) is 0.938. The van der Waals surface area contributed by atoms with E-state index in [1.807, 2.05) is 6.07 Å². The minimum absolute atomic E-state index is 0.244. The van der Waals surface area contributed by atoms with Crippen LogP contribution in [0.4, 0.5) is 0 Å². The Bertz CT molecular complexity index is 546. The van der Waals surface area contributed by atoms with Crippen LogP contribution in [0.15, 0.2) is 54.6 Å². The van der Waals surface area contributed by atoms with Gasteiger partial charge in [0.2, 0.25) is 0 Å². The van der Waals surface area contributed by atoms with Crippen LogP contribution in [0, 0.1) is 0 Å². The molecule has 2 nitrogen and oxygen atoms in total. The molecule has 1 saturated heterocycles. The molecule has 0 atom stereocenters. The Morgan fingerprint density at radius 1 is 1.05 bits per heavy atom. The highest BCUT2D eigenvalue weighted by atomic mass is 16.5. The lowest BCUT2D eigenvalue weighted by molar-refractivity contribution is 0.274. The third kappa shape index (κ3) is 2.36. The highest BCUT2D eigenvalue weighted by Crippen LogP contribution is 2.33. The van der Waals surface area contributed by atoms with E-state index in [1.54, 1.807) is 7.11 Å². The third-order valence-electron chi connectivity index (χ3n) is 3.99. The van der Waals surface area contributed by atoms with Crippen molar-refractivity contribution in [3.8, 4) is 5.75 Å². The van der Waals surface area contributed by atoms with Gasteiger partial charge in [0.15, 0.2) is 0 Å². The number of rotatable bonds is 4. The van der Waals surface area contributed by atoms with Gasteiger partial charge < -0.3 is 10.1 Å². The van der Waals surface area contributed by atoms with Gasteiger partial charge in [-0.25, -0.2) is 0 Å². The van der Waals surface area contributed by atoms with E-state index in [9.17, 15) is 0 Å². The summed E-state index contributed by atoms with van der Waals surface area (Å²) in [5, 5.41) is 3.42. The molecular formula is C17H19NO. The van der Waals surface area contributed by atoms with Crippen LogP contribution in [0.1, 0.15) is 11.1 Å². The minimum Gasteiger partial charge on any atom is -0.497 e. The van der Waals surface area contributed by atoms with Gasteiger partial charge in [0.1, 0.15) is 5.75 Å². The average Bonchev–Trinajstić information content (AvgIpc) is 2.44. The summed E-state index contributed by atoms with van der Waals surface area (Å²) in [6.07, 6.45) is 1.06. The van der Waals surface area contributed by atoms with Gasteiger partial charge in [-0.1, -0.05) is 42.5 Å². The smallest absolute Gasteiger partial charge is 0.119 e. The van der Waals surface area contributed by atoms with Gasteiger partial charge in [-0.15, -0.1) is 0 Å². The normalized spacial score (nSPS) is 16.7. The van der Waals surface area contributed by atoms with E-state index in [0.29, 0.717) is 0 Å². The molecule has 1 N–H and O–H groups in total. The molecule has 98 valence electrons. The van der Waals surface area contributed by atoms with Crippen LogP contribution < -0.4 is 10.1 Å². The fourth-order valence-electron chi connectivity index (χ4n) is 2.82. The van der Waals surface area contributed by atoms with E-state index >= 15 is 0 Å². The molecule has 0 aliphatic carbocycles. The molecule has 0 spiro atoms. The van der Waals surface area contributed by atoms with Crippen molar-refractivity contribution in [2.75, 3.05) is 20.2 Å². The van der Waals surface area contributed by atoms with Crippen molar-refractivity contribution < 1.29 is 4.74 Å². The van der Waals surface area contributed by atoms with Crippen LogP contribution in [0.5, 0.6) is 5.75 Å². The molecule has 0 amide bonds. The predicted molar refractivity (Wildman–Crippen MR) is 77.7 cm³/mol. The second-order valence-corrected chi connectivity index (χ2v) is 5.28. The summed E-state index contributed by atoms with van der Waals surface area (Å²) in [6, 6.07) is 19.2. The largest absolute Gasteiger partial charge is 0.497 e. The number of methoxy groups -OCH3 is 1. The van der Waals surface area contributed by atoms with Crippen LogP contribution in [0.2, 0.25) is 0 Å². The SMILES string of the molecule is COc1cccc(CC2(c3ccccc3)CNC2)c1. The van der Waals surface area contributed by atoms with Crippen LogP contribution >= 0.6 is 0 Å². The lowest BCUT2D eigenvalue weighted by Gasteiger charge is -2.43. The molecule has 0 bridgehead atoms. The lowest BCUT2D eigenvalue weighted by Crippen LogP contribution is -2.58. The van der Waals surface area contributed by atoms with Crippen molar-refractivity contribution in [3.05, 3.63) is 65.7 Å². The molecule has 0 saturated carbocycles. The zero-order valence-corrected chi connectivity index (χ0v) is 11.2. The van der Waals surface area contributed by atoms with Gasteiger partial charge in [-0.2, -0.15) is 0 Å². The average molecular weight is 253 g/mol. The number of hydrogen-bond acceptors (Lipinski definition) is 2. The van der Waals surface area contributed by atoms with Gasteiger partial charge >= 0.3 is 0 Å². The van der Waals surface area contributed by atoms with Crippen molar-refractivity contribution in [2.45, 2.75) is 11.8 Å². The number of benzene rings is 2. The Labute approximate surface area is 114 Å². The molecular weight excluding hydrogens is 234 g/mol. The molecule has 2 aromatic carbocycles. The second kappa shape index (κ2) is 5.06. The Kier molecular flexibility index (Phi) is 3.26. The maximum Gasteiger partial charge on any atom is 0.119 e. The summed E-state index contributed by atoms with van der Waals surface area (Å²) in [5.41, 5.74) is 3.01. The van der Waals surface area contributed by atoms with Crippen LogP contribution in [0.3, 0.4) is 0 Å². The maximum absolute atomic E-state index is 5.31. The van der Waals surface area contributed by atoms with Gasteiger partial charge in [-0.05, 0) is 29.7 Å². The fourth-order valence-corrected chi connectivity index (χ4v) is 2.82. The van der Waals surface area contributed by atoms with E-state index in [-0.39, 0.29) is 5.41 Å². The molecule has 2 heteroatoms.